The highest BCUT2D eigenvalue weighted by atomic mass is 16.6. The lowest BCUT2D eigenvalue weighted by molar-refractivity contribution is -0.174. The van der Waals surface area contributed by atoms with Crippen molar-refractivity contribution >= 4 is 11.9 Å². The van der Waals surface area contributed by atoms with Gasteiger partial charge in [-0.2, -0.15) is 0 Å². The van der Waals surface area contributed by atoms with Crippen LogP contribution in [-0.4, -0.2) is 58.7 Å². The van der Waals surface area contributed by atoms with Crippen LogP contribution in [0.2, 0.25) is 0 Å². The monoisotopic (exact) mass is 205 g/mol. The van der Waals surface area contributed by atoms with Gasteiger partial charge in [0.2, 0.25) is 6.10 Å². The number of carbonyl (C=O) groups is 2. The van der Waals surface area contributed by atoms with E-state index in [4.69, 9.17) is 10.2 Å². The summed E-state index contributed by atoms with van der Waals surface area (Å²) in [6.45, 7) is -0.972. The van der Waals surface area contributed by atoms with Crippen LogP contribution < -0.4 is 5.32 Å². The number of ether oxygens (including phenoxy) is 1. The first-order valence-corrected chi connectivity index (χ1v) is 4.00. The van der Waals surface area contributed by atoms with Crippen molar-refractivity contribution in [3.8, 4) is 0 Å². The molecule has 0 bridgehead atoms. The highest BCUT2D eigenvalue weighted by Crippen LogP contribution is 2.08. The number of cyclic esters (lactones) is 1. The van der Waals surface area contributed by atoms with Crippen LogP contribution in [0.15, 0.2) is 0 Å². The molecule has 0 aliphatic carbocycles. The molecule has 3 atom stereocenters. The Hall–Kier alpha value is -1.18. The van der Waals surface area contributed by atoms with E-state index in [-0.39, 0.29) is 6.54 Å². The molecular formula is C7H11NO6. The Kier molecular flexibility index (Phi) is 3.39. The first-order chi connectivity index (χ1) is 6.56. The number of nitrogens with one attached hydrogen (secondary N) is 1. The van der Waals surface area contributed by atoms with Crippen LogP contribution in [0, 0.1) is 0 Å². The van der Waals surface area contributed by atoms with Crippen molar-refractivity contribution in [3.63, 3.8) is 0 Å². The third-order valence-corrected chi connectivity index (χ3v) is 1.82. The van der Waals surface area contributed by atoms with Crippen molar-refractivity contribution in [1.29, 1.82) is 0 Å². The number of rotatable bonds is 3. The molecule has 1 fully saturated rings. The molecule has 1 rings (SSSR count). The Bertz CT molecular complexity index is 242. The van der Waals surface area contributed by atoms with Gasteiger partial charge in [-0.3, -0.25) is 9.59 Å². The predicted molar refractivity (Wildman–Crippen MR) is 42.0 cm³/mol. The molecule has 1 amide bonds. The number of esters is 1. The Balaban J connectivity index is 2.64. The highest BCUT2D eigenvalue weighted by molar-refractivity contribution is 5.90. The van der Waals surface area contributed by atoms with E-state index in [0.717, 1.165) is 0 Å². The molecule has 7 nitrogen and oxygen atoms in total. The zero-order valence-electron chi connectivity index (χ0n) is 7.21. The van der Waals surface area contributed by atoms with E-state index in [0.29, 0.717) is 0 Å². The quantitative estimate of drug-likeness (QED) is 0.359. The average Bonchev–Trinajstić information content (AvgIpc) is 2.19. The second-order valence-electron chi connectivity index (χ2n) is 2.87. The van der Waals surface area contributed by atoms with Gasteiger partial charge in [-0.15, -0.1) is 0 Å². The summed E-state index contributed by atoms with van der Waals surface area (Å²) < 4.78 is 4.51. The van der Waals surface area contributed by atoms with Crippen LogP contribution in [0.5, 0.6) is 0 Å². The van der Waals surface area contributed by atoms with E-state index in [1.165, 1.54) is 0 Å². The minimum atomic E-state index is -1.62. The Morgan fingerprint density at radius 3 is 2.71 bits per heavy atom. The SMILES string of the molecule is O=C1CNC(=O)C(C(O)C(O)CO)O1. The number of hydrogen-bond acceptors (Lipinski definition) is 6. The molecule has 1 aliphatic rings. The lowest BCUT2D eigenvalue weighted by Gasteiger charge is -2.27. The van der Waals surface area contributed by atoms with Crippen LogP contribution in [0.3, 0.4) is 0 Å². The average molecular weight is 205 g/mol. The molecule has 0 spiro atoms. The van der Waals surface area contributed by atoms with Crippen molar-refractivity contribution in [3.05, 3.63) is 0 Å². The van der Waals surface area contributed by atoms with Gasteiger partial charge in [-0.25, -0.2) is 0 Å². The summed E-state index contributed by atoms with van der Waals surface area (Å²) in [5.41, 5.74) is 0. The third kappa shape index (κ3) is 2.19. The second kappa shape index (κ2) is 4.36. The molecule has 1 aliphatic heterocycles. The fraction of sp³-hybridized carbons (Fsp3) is 0.714. The number of hydrogen-bond donors (Lipinski definition) is 4. The molecule has 4 N–H and O–H groups in total. The summed E-state index contributed by atoms with van der Waals surface area (Å²) in [5.74, 6) is -1.39. The zero-order chi connectivity index (χ0) is 10.7. The molecule has 3 unspecified atom stereocenters. The Morgan fingerprint density at radius 1 is 1.50 bits per heavy atom. The van der Waals surface area contributed by atoms with Crippen molar-refractivity contribution in [1.82, 2.24) is 5.32 Å². The molecule has 1 heterocycles. The predicted octanol–water partition coefficient (Wildman–Crippen LogP) is -3.26. The van der Waals surface area contributed by atoms with Crippen molar-refractivity contribution in [2.24, 2.45) is 0 Å². The Morgan fingerprint density at radius 2 is 2.14 bits per heavy atom. The summed E-state index contributed by atoms with van der Waals surface area (Å²) in [6.07, 6.45) is -4.60. The van der Waals surface area contributed by atoms with Gasteiger partial charge in [0.25, 0.3) is 5.91 Å². The zero-order valence-corrected chi connectivity index (χ0v) is 7.21. The fourth-order valence-corrected chi connectivity index (χ4v) is 1.03. The van der Waals surface area contributed by atoms with Crippen molar-refractivity contribution < 1.29 is 29.6 Å². The third-order valence-electron chi connectivity index (χ3n) is 1.82. The van der Waals surface area contributed by atoms with Crippen LogP contribution in [0.4, 0.5) is 0 Å². The number of amides is 1. The number of carbonyl (C=O) groups excluding carboxylic acids is 2. The first-order valence-electron chi connectivity index (χ1n) is 4.00. The van der Waals surface area contributed by atoms with Crippen LogP contribution in [0.1, 0.15) is 0 Å². The van der Waals surface area contributed by atoms with Gasteiger partial charge in [0.1, 0.15) is 18.8 Å². The van der Waals surface area contributed by atoms with E-state index in [1.54, 1.807) is 0 Å². The standard InChI is InChI=1S/C7H11NO6/c9-2-3(10)5(12)6-7(13)8-1-4(11)14-6/h3,5-6,9-10,12H,1-2H2,(H,8,13). The van der Waals surface area contributed by atoms with Crippen molar-refractivity contribution in [2.75, 3.05) is 13.2 Å². The molecule has 0 aromatic heterocycles. The Labute approximate surface area is 79.3 Å². The van der Waals surface area contributed by atoms with Crippen LogP contribution in [-0.2, 0) is 14.3 Å². The number of aliphatic hydroxyl groups is 3. The maximum absolute atomic E-state index is 11.1. The molecule has 7 heteroatoms. The van der Waals surface area contributed by atoms with Crippen LogP contribution in [0.25, 0.3) is 0 Å². The second-order valence-corrected chi connectivity index (χ2v) is 2.87. The molecule has 80 valence electrons. The largest absolute Gasteiger partial charge is 0.448 e. The smallest absolute Gasteiger partial charge is 0.326 e. The number of morpholine rings is 1. The summed E-state index contributed by atoms with van der Waals surface area (Å²) in [4.78, 5) is 21.8. The normalized spacial score (nSPS) is 26.4. The van der Waals surface area contributed by atoms with Crippen molar-refractivity contribution in [2.45, 2.75) is 18.3 Å². The minimum Gasteiger partial charge on any atom is -0.448 e. The van der Waals surface area contributed by atoms with Gasteiger partial charge in [0, 0.05) is 0 Å². The van der Waals surface area contributed by atoms with E-state index in [1.807, 2.05) is 0 Å². The molecule has 0 radical (unpaired) electrons. The lowest BCUT2D eigenvalue weighted by atomic mass is 10.1. The maximum atomic E-state index is 11.1. The van der Waals surface area contributed by atoms with Gasteiger partial charge in [0.05, 0.1) is 6.61 Å². The summed E-state index contributed by atoms with van der Waals surface area (Å²) in [6, 6.07) is 0. The summed E-state index contributed by atoms with van der Waals surface area (Å²) >= 11 is 0. The van der Waals surface area contributed by atoms with Gasteiger partial charge in [-0.1, -0.05) is 0 Å². The number of aliphatic hydroxyl groups excluding tert-OH is 3. The van der Waals surface area contributed by atoms with Gasteiger partial charge >= 0.3 is 5.97 Å². The van der Waals surface area contributed by atoms with Crippen LogP contribution >= 0.6 is 0 Å². The molecule has 14 heavy (non-hydrogen) atoms. The first kappa shape index (κ1) is 10.9. The van der Waals surface area contributed by atoms with Gasteiger partial charge < -0.3 is 25.4 Å². The van der Waals surface area contributed by atoms with Gasteiger partial charge in [0.15, 0.2) is 0 Å². The molecule has 1 saturated heterocycles. The minimum absolute atomic E-state index is 0.253. The maximum Gasteiger partial charge on any atom is 0.326 e. The van der Waals surface area contributed by atoms with Gasteiger partial charge in [-0.05, 0) is 0 Å². The van der Waals surface area contributed by atoms with E-state index < -0.39 is 36.8 Å². The summed E-state index contributed by atoms with van der Waals surface area (Å²) in [5, 5.41) is 29.0. The molecule has 0 aromatic carbocycles. The fourth-order valence-electron chi connectivity index (χ4n) is 1.03. The lowest BCUT2D eigenvalue weighted by Crippen LogP contribution is -2.55. The van der Waals surface area contributed by atoms with E-state index in [2.05, 4.69) is 10.1 Å². The molecular weight excluding hydrogens is 194 g/mol. The highest BCUT2D eigenvalue weighted by Gasteiger charge is 2.37. The van der Waals surface area contributed by atoms with E-state index >= 15 is 0 Å². The molecule has 0 aromatic rings. The molecule has 0 saturated carbocycles. The van der Waals surface area contributed by atoms with E-state index in [9.17, 15) is 14.7 Å². The summed E-state index contributed by atoms with van der Waals surface area (Å²) in [7, 11) is 0. The topological polar surface area (TPSA) is 116 Å².